The van der Waals surface area contributed by atoms with Crippen molar-refractivity contribution in [1.82, 2.24) is 14.2 Å². The summed E-state index contributed by atoms with van der Waals surface area (Å²) in [7, 11) is -1.70. The van der Waals surface area contributed by atoms with Crippen molar-refractivity contribution in [3.05, 3.63) is 66.4 Å². The van der Waals surface area contributed by atoms with E-state index in [-0.39, 0.29) is 23.3 Å². The fourth-order valence-corrected chi connectivity index (χ4v) is 5.43. The smallest absolute Gasteiger partial charge is 0.243 e. The van der Waals surface area contributed by atoms with Gasteiger partial charge in [0.15, 0.2) is 0 Å². The number of hydrogen-bond donors (Lipinski definition) is 1. The summed E-state index contributed by atoms with van der Waals surface area (Å²) in [6, 6.07) is 16.8. The minimum Gasteiger partial charge on any atom is -0.352 e. The zero-order chi connectivity index (χ0) is 20.4. The first-order chi connectivity index (χ1) is 13.9. The Balaban J connectivity index is 1.46. The Hall–Kier alpha value is -2.64. The molecule has 0 unspecified atom stereocenters. The molecule has 0 aliphatic carbocycles. The molecule has 2 heterocycles. The monoisotopic (exact) mass is 411 g/mol. The predicted molar refractivity (Wildman–Crippen MR) is 113 cm³/mol. The van der Waals surface area contributed by atoms with Crippen LogP contribution in [0.1, 0.15) is 18.4 Å². The predicted octanol–water partition coefficient (Wildman–Crippen LogP) is 2.90. The second kappa shape index (κ2) is 8.00. The number of nitrogens with one attached hydrogen (secondary N) is 1. The molecular formula is C22H25N3O3S. The molecule has 0 radical (unpaired) electrons. The van der Waals surface area contributed by atoms with E-state index in [0.717, 1.165) is 16.5 Å². The number of nitrogens with zero attached hydrogens (tertiary/aromatic N) is 2. The van der Waals surface area contributed by atoms with Gasteiger partial charge in [0, 0.05) is 43.8 Å². The van der Waals surface area contributed by atoms with Gasteiger partial charge in [-0.3, -0.25) is 4.79 Å². The van der Waals surface area contributed by atoms with Crippen molar-refractivity contribution in [3.63, 3.8) is 0 Å². The van der Waals surface area contributed by atoms with Crippen molar-refractivity contribution in [2.24, 2.45) is 13.0 Å². The van der Waals surface area contributed by atoms with E-state index in [1.165, 1.54) is 4.31 Å². The summed E-state index contributed by atoms with van der Waals surface area (Å²) in [4.78, 5) is 12.9. The number of piperidine rings is 1. The summed E-state index contributed by atoms with van der Waals surface area (Å²) in [6.45, 7) is 1.11. The summed E-state index contributed by atoms with van der Waals surface area (Å²) in [6.07, 6.45) is 3.29. The third kappa shape index (κ3) is 4.06. The van der Waals surface area contributed by atoms with Crippen LogP contribution in [0.5, 0.6) is 0 Å². The van der Waals surface area contributed by atoms with Gasteiger partial charge < -0.3 is 9.88 Å². The average Bonchev–Trinajstić information content (AvgIpc) is 3.13. The molecule has 1 fully saturated rings. The lowest BCUT2D eigenvalue weighted by molar-refractivity contribution is -0.126. The van der Waals surface area contributed by atoms with Crippen LogP contribution in [0.15, 0.2) is 65.7 Å². The summed E-state index contributed by atoms with van der Waals surface area (Å²) in [5, 5.41) is 3.84. The number of rotatable bonds is 5. The molecule has 1 aliphatic heterocycles. The number of benzene rings is 2. The maximum Gasteiger partial charge on any atom is 0.243 e. The van der Waals surface area contributed by atoms with Crippen LogP contribution in [0.4, 0.5) is 0 Å². The third-order valence-electron chi connectivity index (χ3n) is 5.56. The molecular weight excluding hydrogens is 386 g/mol. The molecule has 29 heavy (non-hydrogen) atoms. The minimum absolute atomic E-state index is 0.0905. The van der Waals surface area contributed by atoms with Gasteiger partial charge in [-0.05, 0) is 42.7 Å². The average molecular weight is 412 g/mol. The Labute approximate surface area is 171 Å². The zero-order valence-corrected chi connectivity index (χ0v) is 17.2. The number of carbonyl (C=O) groups excluding carboxylic acids is 1. The molecule has 2 aromatic carbocycles. The lowest BCUT2D eigenvalue weighted by Gasteiger charge is -2.31. The molecule has 3 aromatic rings. The van der Waals surface area contributed by atoms with Crippen LogP contribution < -0.4 is 5.32 Å². The second-order valence-electron chi connectivity index (χ2n) is 7.55. The second-order valence-corrected chi connectivity index (χ2v) is 9.49. The number of carbonyl (C=O) groups is 1. The van der Waals surface area contributed by atoms with Crippen molar-refractivity contribution >= 4 is 26.8 Å². The fourth-order valence-electron chi connectivity index (χ4n) is 3.87. The van der Waals surface area contributed by atoms with Gasteiger partial charge in [-0.2, -0.15) is 4.31 Å². The first-order valence-electron chi connectivity index (χ1n) is 9.82. The van der Waals surface area contributed by atoms with Gasteiger partial charge in [-0.15, -0.1) is 0 Å². The first-order valence-corrected chi connectivity index (χ1v) is 11.3. The van der Waals surface area contributed by atoms with Gasteiger partial charge in [0.25, 0.3) is 0 Å². The molecule has 1 saturated heterocycles. The van der Waals surface area contributed by atoms with E-state index in [9.17, 15) is 13.2 Å². The van der Waals surface area contributed by atoms with Crippen LogP contribution in [0.25, 0.3) is 10.9 Å². The molecule has 0 spiro atoms. The summed E-state index contributed by atoms with van der Waals surface area (Å²) < 4.78 is 29.8. The van der Waals surface area contributed by atoms with Gasteiger partial charge >= 0.3 is 0 Å². The number of hydrogen-bond acceptors (Lipinski definition) is 3. The molecule has 7 heteroatoms. The van der Waals surface area contributed by atoms with Crippen molar-refractivity contribution in [1.29, 1.82) is 0 Å². The third-order valence-corrected chi connectivity index (χ3v) is 7.42. The van der Waals surface area contributed by atoms with E-state index < -0.39 is 10.0 Å². The molecule has 1 aromatic heterocycles. The highest BCUT2D eigenvalue weighted by molar-refractivity contribution is 7.89. The molecule has 0 saturated carbocycles. The van der Waals surface area contributed by atoms with Gasteiger partial charge in [-0.25, -0.2) is 8.42 Å². The quantitative estimate of drug-likeness (QED) is 0.702. The van der Waals surface area contributed by atoms with E-state index in [2.05, 4.69) is 5.32 Å². The number of amides is 1. The van der Waals surface area contributed by atoms with E-state index in [1.54, 1.807) is 12.1 Å². The Morgan fingerprint density at radius 3 is 2.72 bits per heavy atom. The molecule has 6 nitrogen and oxygen atoms in total. The molecule has 1 aliphatic rings. The van der Waals surface area contributed by atoms with E-state index in [4.69, 9.17) is 0 Å². The number of sulfonamides is 1. The Morgan fingerprint density at radius 1 is 1.14 bits per heavy atom. The van der Waals surface area contributed by atoms with E-state index in [1.807, 2.05) is 60.3 Å². The highest BCUT2D eigenvalue weighted by atomic mass is 32.2. The molecule has 4 rings (SSSR count). The van der Waals surface area contributed by atoms with Crippen LogP contribution >= 0.6 is 0 Å². The Kier molecular flexibility index (Phi) is 5.43. The van der Waals surface area contributed by atoms with Gasteiger partial charge in [-0.1, -0.05) is 30.3 Å². The highest BCUT2D eigenvalue weighted by Crippen LogP contribution is 2.26. The molecule has 152 valence electrons. The van der Waals surface area contributed by atoms with Crippen molar-refractivity contribution in [3.8, 4) is 0 Å². The van der Waals surface area contributed by atoms with E-state index >= 15 is 0 Å². The standard InChI is InChI=1S/C22H25N3O3S/c1-24-13-11-18-14-20(9-10-21(18)24)29(27,28)25-12-5-8-19(16-25)22(26)23-15-17-6-3-2-4-7-17/h2-4,6-7,9-11,13-14,19H,5,8,12,15-16H2,1H3,(H,23,26)/t19-/m0/s1. The number of aryl methyl sites for hydroxylation is 1. The zero-order valence-electron chi connectivity index (χ0n) is 16.4. The minimum atomic E-state index is -3.63. The fraction of sp³-hybridized carbons (Fsp3) is 0.318. The van der Waals surface area contributed by atoms with Crippen LogP contribution in [0, 0.1) is 5.92 Å². The Morgan fingerprint density at radius 2 is 1.93 bits per heavy atom. The molecule has 1 amide bonds. The summed E-state index contributed by atoms with van der Waals surface area (Å²) >= 11 is 0. The topological polar surface area (TPSA) is 71.4 Å². The number of aromatic nitrogens is 1. The maximum absolute atomic E-state index is 13.2. The summed E-state index contributed by atoms with van der Waals surface area (Å²) in [5.74, 6) is -0.421. The summed E-state index contributed by atoms with van der Waals surface area (Å²) in [5.41, 5.74) is 2.01. The number of fused-ring (bicyclic) bond motifs is 1. The highest BCUT2D eigenvalue weighted by Gasteiger charge is 2.33. The largest absolute Gasteiger partial charge is 0.352 e. The maximum atomic E-state index is 13.2. The van der Waals surface area contributed by atoms with Crippen molar-refractivity contribution < 1.29 is 13.2 Å². The van der Waals surface area contributed by atoms with Crippen LogP contribution in [-0.4, -0.2) is 36.3 Å². The molecule has 0 bridgehead atoms. The van der Waals surface area contributed by atoms with Crippen LogP contribution in [-0.2, 0) is 28.4 Å². The van der Waals surface area contributed by atoms with Gasteiger partial charge in [0.1, 0.15) is 0 Å². The first kappa shape index (κ1) is 19.7. The van der Waals surface area contributed by atoms with E-state index in [0.29, 0.717) is 25.9 Å². The van der Waals surface area contributed by atoms with Gasteiger partial charge in [0.2, 0.25) is 15.9 Å². The normalized spacial score (nSPS) is 18.0. The van der Waals surface area contributed by atoms with Crippen LogP contribution in [0.2, 0.25) is 0 Å². The van der Waals surface area contributed by atoms with Crippen LogP contribution in [0.3, 0.4) is 0 Å². The van der Waals surface area contributed by atoms with Crippen molar-refractivity contribution in [2.45, 2.75) is 24.3 Å². The lowest BCUT2D eigenvalue weighted by atomic mass is 9.99. The Bertz CT molecular complexity index is 1120. The van der Waals surface area contributed by atoms with Gasteiger partial charge in [0.05, 0.1) is 10.8 Å². The molecule has 1 N–H and O–H groups in total. The lowest BCUT2D eigenvalue weighted by Crippen LogP contribution is -2.45. The SMILES string of the molecule is Cn1ccc2cc(S(=O)(=O)N3CCC[C@H](C(=O)NCc4ccccc4)C3)ccc21. The molecule has 1 atom stereocenters. The van der Waals surface area contributed by atoms with Crippen molar-refractivity contribution in [2.75, 3.05) is 13.1 Å².